The Labute approximate surface area is 168 Å². The molecule has 0 saturated carbocycles. The van der Waals surface area contributed by atoms with E-state index >= 15 is 0 Å². The molecule has 8 heteroatoms. The second kappa shape index (κ2) is 8.20. The van der Waals surface area contributed by atoms with Crippen LogP contribution in [-0.4, -0.2) is 43.6 Å². The summed E-state index contributed by atoms with van der Waals surface area (Å²) in [6.45, 7) is 4.60. The summed E-state index contributed by atoms with van der Waals surface area (Å²) in [5.41, 5.74) is 1.79. The summed E-state index contributed by atoms with van der Waals surface area (Å²) >= 11 is 1.55. The second-order valence-electron chi connectivity index (χ2n) is 7.20. The monoisotopic (exact) mass is 396 g/mol. The first-order valence-electron chi connectivity index (χ1n) is 9.48. The highest BCUT2D eigenvalue weighted by Gasteiger charge is 2.25. The average Bonchev–Trinajstić information content (AvgIpc) is 3.31. The molecule has 2 aromatic heterocycles. The molecule has 0 radical (unpaired) electrons. The van der Waals surface area contributed by atoms with Gasteiger partial charge >= 0.3 is 0 Å². The summed E-state index contributed by atoms with van der Waals surface area (Å²) < 4.78 is 2.05. The molecule has 7 nitrogen and oxygen atoms in total. The molecule has 146 valence electrons. The molecule has 0 bridgehead atoms. The van der Waals surface area contributed by atoms with Gasteiger partial charge in [-0.15, -0.1) is 10.2 Å². The maximum absolute atomic E-state index is 12.7. The van der Waals surface area contributed by atoms with E-state index in [1.165, 1.54) is 0 Å². The largest absolute Gasteiger partial charge is 0.337 e. The van der Waals surface area contributed by atoms with Crippen molar-refractivity contribution in [3.05, 3.63) is 47.5 Å². The predicted octanol–water partition coefficient (Wildman–Crippen LogP) is 3.10. The molecule has 1 aliphatic heterocycles. The molecule has 0 unspecified atom stereocenters. The van der Waals surface area contributed by atoms with Crippen molar-refractivity contribution in [2.45, 2.75) is 26.3 Å². The minimum absolute atomic E-state index is 0.0463. The van der Waals surface area contributed by atoms with Gasteiger partial charge in [-0.2, -0.15) is 0 Å². The van der Waals surface area contributed by atoms with Crippen LogP contribution in [0.15, 0.2) is 36.7 Å². The zero-order valence-corrected chi connectivity index (χ0v) is 16.9. The number of hydrogen-bond donors (Lipinski definition) is 1. The summed E-state index contributed by atoms with van der Waals surface area (Å²) in [5.74, 6) is 1.21. The van der Waals surface area contributed by atoms with E-state index in [2.05, 4.69) is 25.4 Å². The molecule has 1 aliphatic rings. The van der Waals surface area contributed by atoms with Gasteiger partial charge in [0.1, 0.15) is 15.8 Å². The van der Waals surface area contributed by atoms with Crippen molar-refractivity contribution in [1.82, 2.24) is 24.6 Å². The van der Waals surface area contributed by atoms with Crippen LogP contribution in [0.1, 0.15) is 23.7 Å². The van der Waals surface area contributed by atoms with Gasteiger partial charge in [0, 0.05) is 36.6 Å². The van der Waals surface area contributed by atoms with Crippen LogP contribution in [0.5, 0.6) is 0 Å². The first-order valence-corrected chi connectivity index (χ1v) is 10.3. The fourth-order valence-electron chi connectivity index (χ4n) is 3.49. The van der Waals surface area contributed by atoms with Gasteiger partial charge in [0.2, 0.25) is 5.91 Å². The summed E-state index contributed by atoms with van der Waals surface area (Å²) in [6, 6.07) is 7.82. The standard InChI is InChI=1S/C20H24N6OS/c1-14-23-24-20(28-14)16-4-3-5-17(12-16)22-19(27)15-6-9-26(10-7-15)13-18-21-8-11-25(18)2/h3-5,8,11-12,15H,6-7,9-10,13H2,1-2H3,(H,22,27). The highest BCUT2D eigenvalue weighted by atomic mass is 32.1. The fraction of sp³-hybridized carbons (Fsp3) is 0.400. The van der Waals surface area contributed by atoms with Crippen LogP contribution < -0.4 is 5.32 Å². The Balaban J connectivity index is 1.33. The van der Waals surface area contributed by atoms with Gasteiger partial charge in [-0.1, -0.05) is 23.5 Å². The molecule has 0 spiro atoms. The maximum Gasteiger partial charge on any atom is 0.227 e. The third kappa shape index (κ3) is 4.28. The van der Waals surface area contributed by atoms with E-state index in [4.69, 9.17) is 0 Å². The van der Waals surface area contributed by atoms with Gasteiger partial charge in [-0.05, 0) is 45.0 Å². The van der Waals surface area contributed by atoms with E-state index in [1.54, 1.807) is 11.3 Å². The van der Waals surface area contributed by atoms with Crippen molar-refractivity contribution in [3.63, 3.8) is 0 Å². The summed E-state index contributed by atoms with van der Waals surface area (Å²) in [4.78, 5) is 19.5. The number of nitrogens with zero attached hydrogens (tertiary/aromatic N) is 5. The second-order valence-corrected chi connectivity index (χ2v) is 8.38. The van der Waals surface area contributed by atoms with Gasteiger partial charge in [-0.3, -0.25) is 9.69 Å². The van der Waals surface area contributed by atoms with Crippen LogP contribution >= 0.6 is 11.3 Å². The van der Waals surface area contributed by atoms with Crippen LogP contribution in [0.3, 0.4) is 0 Å². The van der Waals surface area contributed by atoms with Gasteiger partial charge < -0.3 is 9.88 Å². The lowest BCUT2D eigenvalue weighted by Gasteiger charge is -2.31. The molecule has 1 N–H and O–H groups in total. The van der Waals surface area contributed by atoms with Crippen molar-refractivity contribution in [1.29, 1.82) is 0 Å². The molecule has 3 aromatic rings. The highest BCUT2D eigenvalue weighted by molar-refractivity contribution is 7.14. The number of benzene rings is 1. The molecule has 1 aromatic carbocycles. The number of amides is 1. The molecular weight excluding hydrogens is 372 g/mol. The minimum atomic E-state index is 0.0463. The Bertz CT molecular complexity index is 957. The van der Waals surface area contributed by atoms with Crippen LogP contribution in [0.25, 0.3) is 10.6 Å². The normalized spacial score (nSPS) is 15.6. The Morgan fingerprint density at radius 3 is 2.79 bits per heavy atom. The van der Waals surface area contributed by atoms with Crippen molar-refractivity contribution in [2.24, 2.45) is 13.0 Å². The van der Waals surface area contributed by atoms with E-state index in [9.17, 15) is 4.79 Å². The van der Waals surface area contributed by atoms with Crippen LogP contribution in [0, 0.1) is 12.8 Å². The molecule has 28 heavy (non-hydrogen) atoms. The maximum atomic E-state index is 12.7. The van der Waals surface area contributed by atoms with E-state index in [0.717, 1.165) is 59.6 Å². The summed E-state index contributed by atoms with van der Waals surface area (Å²) in [6.07, 6.45) is 5.52. The lowest BCUT2D eigenvalue weighted by molar-refractivity contribution is -0.121. The summed E-state index contributed by atoms with van der Waals surface area (Å²) in [7, 11) is 2.01. The predicted molar refractivity (Wildman–Crippen MR) is 110 cm³/mol. The smallest absolute Gasteiger partial charge is 0.227 e. The number of aryl methyl sites for hydroxylation is 2. The van der Waals surface area contributed by atoms with Crippen molar-refractivity contribution < 1.29 is 4.79 Å². The quantitative estimate of drug-likeness (QED) is 0.717. The number of aromatic nitrogens is 4. The molecule has 0 aliphatic carbocycles. The lowest BCUT2D eigenvalue weighted by Crippen LogP contribution is -2.38. The molecule has 1 amide bonds. The van der Waals surface area contributed by atoms with E-state index in [1.807, 2.05) is 55.2 Å². The van der Waals surface area contributed by atoms with Crippen LogP contribution in [0.2, 0.25) is 0 Å². The van der Waals surface area contributed by atoms with Gasteiger partial charge in [0.05, 0.1) is 6.54 Å². The third-order valence-electron chi connectivity index (χ3n) is 5.15. The van der Waals surface area contributed by atoms with E-state index in [0.29, 0.717) is 0 Å². The topological polar surface area (TPSA) is 75.9 Å². The summed E-state index contributed by atoms with van der Waals surface area (Å²) in [5, 5.41) is 13.1. The Morgan fingerprint density at radius 1 is 1.29 bits per heavy atom. The SMILES string of the molecule is Cc1nnc(-c2cccc(NC(=O)C3CCN(Cc4nccn4C)CC3)c2)s1. The third-order valence-corrected chi connectivity index (χ3v) is 6.04. The number of hydrogen-bond acceptors (Lipinski definition) is 6. The van der Waals surface area contributed by atoms with Crippen molar-refractivity contribution in [2.75, 3.05) is 18.4 Å². The Hall–Kier alpha value is -2.58. The number of carbonyl (C=O) groups is 1. The molecule has 1 saturated heterocycles. The highest BCUT2D eigenvalue weighted by Crippen LogP contribution is 2.26. The Kier molecular flexibility index (Phi) is 5.50. The van der Waals surface area contributed by atoms with Gasteiger partial charge in [0.25, 0.3) is 0 Å². The molecule has 0 atom stereocenters. The number of piperidine rings is 1. The minimum Gasteiger partial charge on any atom is -0.337 e. The fourth-order valence-corrected chi connectivity index (χ4v) is 4.18. The molecular formula is C20H24N6OS. The van der Waals surface area contributed by atoms with E-state index < -0.39 is 0 Å². The zero-order chi connectivity index (χ0) is 19.5. The first-order chi connectivity index (χ1) is 13.6. The molecule has 3 heterocycles. The number of carbonyl (C=O) groups excluding carboxylic acids is 1. The van der Waals surface area contributed by atoms with Gasteiger partial charge in [-0.25, -0.2) is 4.98 Å². The Morgan fingerprint density at radius 2 is 2.11 bits per heavy atom. The molecule has 1 fully saturated rings. The van der Waals surface area contributed by atoms with Crippen LogP contribution in [0.4, 0.5) is 5.69 Å². The number of likely N-dealkylation sites (tertiary alicyclic amines) is 1. The van der Waals surface area contributed by atoms with E-state index in [-0.39, 0.29) is 11.8 Å². The average molecular weight is 397 g/mol. The number of rotatable bonds is 5. The van der Waals surface area contributed by atoms with Gasteiger partial charge in [0.15, 0.2) is 0 Å². The van der Waals surface area contributed by atoms with Crippen LogP contribution in [-0.2, 0) is 18.4 Å². The number of imidazole rings is 1. The lowest BCUT2D eigenvalue weighted by atomic mass is 9.95. The zero-order valence-electron chi connectivity index (χ0n) is 16.1. The first kappa shape index (κ1) is 18.8. The number of anilines is 1. The molecule has 4 rings (SSSR count). The van der Waals surface area contributed by atoms with Crippen molar-refractivity contribution in [3.8, 4) is 10.6 Å². The van der Waals surface area contributed by atoms with Crippen molar-refractivity contribution >= 4 is 22.9 Å². The number of nitrogens with one attached hydrogen (secondary N) is 1.